The van der Waals surface area contributed by atoms with Crippen LogP contribution in [0.5, 0.6) is 0 Å². The summed E-state index contributed by atoms with van der Waals surface area (Å²) in [5.41, 5.74) is 2.45. The lowest BCUT2D eigenvalue weighted by molar-refractivity contribution is 0.0916. The molecule has 3 rings (SSSR count). The Labute approximate surface area is 137 Å². The number of carbonyl (C=O) groups excluding carboxylic acids is 1. The van der Waals surface area contributed by atoms with Crippen molar-refractivity contribution in [1.82, 2.24) is 15.1 Å². The number of aromatic nitrogens is 2. The summed E-state index contributed by atoms with van der Waals surface area (Å²) in [4.78, 5) is 12.5. The molecule has 0 saturated heterocycles. The highest BCUT2D eigenvalue weighted by atomic mass is 16.2. The number of nitrogens with one attached hydrogen (secondary N) is 1. The van der Waals surface area contributed by atoms with Gasteiger partial charge in [0.2, 0.25) is 0 Å². The number of para-hydroxylation sites is 1. The molecule has 0 spiro atoms. The molecule has 1 fully saturated rings. The molecule has 0 unspecified atom stereocenters. The maximum Gasteiger partial charge on any atom is 0.272 e. The van der Waals surface area contributed by atoms with Crippen LogP contribution in [0.25, 0.3) is 5.69 Å². The number of amides is 1. The van der Waals surface area contributed by atoms with E-state index in [2.05, 4.69) is 17.3 Å². The number of hydrogen-bond donors (Lipinski definition) is 1. The number of aryl methyl sites for hydroxylation is 1. The van der Waals surface area contributed by atoms with Gasteiger partial charge in [-0.2, -0.15) is 5.10 Å². The topological polar surface area (TPSA) is 46.9 Å². The van der Waals surface area contributed by atoms with Crippen LogP contribution < -0.4 is 5.32 Å². The predicted molar refractivity (Wildman–Crippen MR) is 91.8 cm³/mol. The summed E-state index contributed by atoms with van der Waals surface area (Å²) in [7, 11) is 0. The van der Waals surface area contributed by atoms with Crippen molar-refractivity contribution in [2.45, 2.75) is 52.0 Å². The highest BCUT2D eigenvalue weighted by molar-refractivity contribution is 5.92. The summed E-state index contributed by atoms with van der Waals surface area (Å²) in [5.74, 6) is 0.783. The number of hydrogen-bond acceptors (Lipinski definition) is 2. The number of carbonyl (C=O) groups is 1. The molecular formula is C19H25N3O. The number of rotatable bonds is 4. The molecule has 23 heavy (non-hydrogen) atoms. The lowest BCUT2D eigenvalue weighted by Gasteiger charge is -2.28. The predicted octanol–water partition coefficient (Wildman–Crippen LogP) is 3.88. The fourth-order valence-electron chi connectivity index (χ4n) is 3.39. The van der Waals surface area contributed by atoms with Gasteiger partial charge in [0.15, 0.2) is 5.69 Å². The van der Waals surface area contributed by atoms with Crippen LogP contribution in [0.15, 0.2) is 36.4 Å². The van der Waals surface area contributed by atoms with E-state index in [1.807, 2.05) is 48.0 Å². The highest BCUT2D eigenvalue weighted by Crippen LogP contribution is 2.26. The van der Waals surface area contributed by atoms with Gasteiger partial charge < -0.3 is 5.32 Å². The molecule has 1 amide bonds. The van der Waals surface area contributed by atoms with E-state index in [0.29, 0.717) is 11.7 Å². The molecule has 0 aliphatic heterocycles. The maximum atomic E-state index is 12.5. The Bertz CT molecular complexity index is 655. The highest BCUT2D eigenvalue weighted by Gasteiger charge is 2.23. The molecule has 1 saturated carbocycles. The molecule has 0 bridgehead atoms. The van der Waals surface area contributed by atoms with Gasteiger partial charge in [-0.3, -0.25) is 4.79 Å². The Morgan fingerprint density at radius 3 is 2.57 bits per heavy atom. The lowest BCUT2D eigenvalue weighted by atomic mass is 9.84. The molecule has 0 atom stereocenters. The summed E-state index contributed by atoms with van der Waals surface area (Å²) in [6, 6.07) is 12.1. The molecule has 122 valence electrons. The van der Waals surface area contributed by atoms with Gasteiger partial charge in [0.25, 0.3) is 5.91 Å². The van der Waals surface area contributed by atoms with Crippen LogP contribution >= 0.6 is 0 Å². The van der Waals surface area contributed by atoms with Crippen molar-refractivity contribution in [2.75, 3.05) is 0 Å². The van der Waals surface area contributed by atoms with Gasteiger partial charge in [-0.15, -0.1) is 0 Å². The minimum atomic E-state index is -0.0530. The quantitative estimate of drug-likeness (QED) is 0.931. The van der Waals surface area contributed by atoms with Gasteiger partial charge in [-0.1, -0.05) is 31.5 Å². The number of benzene rings is 1. The van der Waals surface area contributed by atoms with Gasteiger partial charge in [0, 0.05) is 11.7 Å². The minimum Gasteiger partial charge on any atom is -0.348 e. The van der Waals surface area contributed by atoms with Crippen LogP contribution in [0.2, 0.25) is 0 Å². The molecular weight excluding hydrogens is 286 g/mol. The summed E-state index contributed by atoms with van der Waals surface area (Å²) in [5, 5.41) is 7.64. The Morgan fingerprint density at radius 2 is 1.91 bits per heavy atom. The summed E-state index contributed by atoms with van der Waals surface area (Å²) < 4.78 is 1.82. The normalized spacial score (nSPS) is 21.1. The van der Waals surface area contributed by atoms with Crippen LogP contribution in [-0.4, -0.2) is 21.7 Å². The Balaban J connectivity index is 1.67. The van der Waals surface area contributed by atoms with E-state index in [9.17, 15) is 4.79 Å². The van der Waals surface area contributed by atoms with Crippen LogP contribution in [0.4, 0.5) is 0 Å². The van der Waals surface area contributed by atoms with E-state index >= 15 is 0 Å². The van der Waals surface area contributed by atoms with Crippen molar-refractivity contribution in [2.24, 2.45) is 5.92 Å². The molecule has 4 heteroatoms. The average Bonchev–Trinajstić information content (AvgIpc) is 2.98. The smallest absolute Gasteiger partial charge is 0.272 e. The monoisotopic (exact) mass is 311 g/mol. The Morgan fingerprint density at radius 1 is 1.22 bits per heavy atom. The molecule has 4 nitrogen and oxygen atoms in total. The van der Waals surface area contributed by atoms with Gasteiger partial charge in [0.1, 0.15) is 0 Å². The molecule has 1 aromatic heterocycles. The maximum absolute atomic E-state index is 12.5. The largest absolute Gasteiger partial charge is 0.348 e. The lowest BCUT2D eigenvalue weighted by Crippen LogP contribution is -2.37. The zero-order valence-corrected chi connectivity index (χ0v) is 14.0. The van der Waals surface area contributed by atoms with E-state index < -0.39 is 0 Å². The van der Waals surface area contributed by atoms with Crippen LogP contribution in [0, 0.1) is 12.8 Å². The second-order valence-corrected chi connectivity index (χ2v) is 6.52. The van der Waals surface area contributed by atoms with Crippen molar-refractivity contribution in [3.8, 4) is 5.69 Å². The first-order valence-corrected chi connectivity index (χ1v) is 8.60. The summed E-state index contributed by atoms with van der Waals surface area (Å²) in [6.07, 6.45) is 5.87. The third-order valence-corrected chi connectivity index (χ3v) is 4.88. The van der Waals surface area contributed by atoms with Gasteiger partial charge in [-0.05, 0) is 56.7 Å². The molecule has 0 radical (unpaired) electrons. The van der Waals surface area contributed by atoms with Crippen molar-refractivity contribution in [3.05, 3.63) is 47.8 Å². The fourth-order valence-corrected chi connectivity index (χ4v) is 3.39. The molecule has 1 aromatic carbocycles. The molecule has 1 aliphatic carbocycles. The standard InChI is InChI=1S/C19H25N3O/c1-3-15-9-11-16(12-10-15)20-19(23)18-13-14(2)22(21-18)17-7-5-4-6-8-17/h4-8,13,15-16H,3,9-12H2,1-2H3,(H,20,23). The SMILES string of the molecule is CCC1CCC(NC(=O)c2cc(C)n(-c3ccccc3)n2)CC1. The first kappa shape index (κ1) is 15.8. The first-order chi connectivity index (χ1) is 11.2. The second kappa shape index (κ2) is 6.99. The van der Waals surface area contributed by atoms with Crippen molar-refractivity contribution < 1.29 is 4.79 Å². The Kier molecular flexibility index (Phi) is 4.79. The van der Waals surface area contributed by atoms with Gasteiger partial charge >= 0.3 is 0 Å². The van der Waals surface area contributed by atoms with Gasteiger partial charge in [-0.25, -0.2) is 4.68 Å². The van der Waals surface area contributed by atoms with E-state index in [-0.39, 0.29) is 5.91 Å². The number of nitrogens with zero attached hydrogens (tertiary/aromatic N) is 2. The third-order valence-electron chi connectivity index (χ3n) is 4.88. The molecule has 1 aliphatic rings. The molecule has 1 heterocycles. The zero-order valence-electron chi connectivity index (χ0n) is 14.0. The third kappa shape index (κ3) is 3.63. The fraction of sp³-hybridized carbons (Fsp3) is 0.474. The van der Waals surface area contributed by atoms with E-state index in [4.69, 9.17) is 0 Å². The summed E-state index contributed by atoms with van der Waals surface area (Å²) in [6.45, 7) is 4.23. The zero-order chi connectivity index (χ0) is 16.2. The van der Waals surface area contributed by atoms with Crippen molar-refractivity contribution >= 4 is 5.91 Å². The minimum absolute atomic E-state index is 0.0530. The van der Waals surface area contributed by atoms with E-state index in [1.54, 1.807) is 0 Å². The second-order valence-electron chi connectivity index (χ2n) is 6.52. The Hall–Kier alpha value is -2.10. The van der Waals surface area contributed by atoms with E-state index in [0.717, 1.165) is 30.1 Å². The first-order valence-electron chi connectivity index (χ1n) is 8.60. The van der Waals surface area contributed by atoms with Crippen LogP contribution in [-0.2, 0) is 0 Å². The van der Waals surface area contributed by atoms with Crippen molar-refractivity contribution in [1.29, 1.82) is 0 Å². The average molecular weight is 311 g/mol. The van der Waals surface area contributed by atoms with E-state index in [1.165, 1.54) is 19.3 Å². The summed E-state index contributed by atoms with van der Waals surface area (Å²) >= 11 is 0. The van der Waals surface area contributed by atoms with Crippen LogP contribution in [0.1, 0.15) is 55.2 Å². The van der Waals surface area contributed by atoms with Crippen molar-refractivity contribution in [3.63, 3.8) is 0 Å². The van der Waals surface area contributed by atoms with Gasteiger partial charge in [0.05, 0.1) is 5.69 Å². The molecule has 1 N–H and O–H groups in total. The molecule has 2 aromatic rings. The van der Waals surface area contributed by atoms with Crippen LogP contribution in [0.3, 0.4) is 0 Å².